The lowest BCUT2D eigenvalue weighted by atomic mass is 10.2. The van der Waals surface area contributed by atoms with E-state index in [0.29, 0.717) is 28.0 Å². The Balaban J connectivity index is 1.76. The molecular formula is C17H24ClN3O3S. The molecule has 0 aromatic heterocycles. The predicted molar refractivity (Wildman–Crippen MR) is 104 cm³/mol. The average Bonchev–Trinajstić information content (AvgIpc) is 2.61. The normalized spacial score (nSPS) is 14.8. The fraction of sp³-hybridized carbons (Fsp3) is 0.529. The summed E-state index contributed by atoms with van der Waals surface area (Å²) in [5.74, 6) is -0.444. The van der Waals surface area contributed by atoms with Crippen molar-refractivity contribution in [2.75, 3.05) is 51.3 Å². The molecular weight excluding hydrogens is 362 g/mol. The van der Waals surface area contributed by atoms with Crippen molar-refractivity contribution in [2.45, 2.75) is 13.3 Å². The van der Waals surface area contributed by atoms with Crippen molar-refractivity contribution in [3.05, 3.63) is 28.8 Å². The molecule has 25 heavy (non-hydrogen) atoms. The van der Waals surface area contributed by atoms with Crippen LogP contribution in [0.15, 0.2) is 18.2 Å². The molecule has 8 heteroatoms. The highest BCUT2D eigenvalue weighted by Crippen LogP contribution is 2.21. The number of benzene rings is 1. The van der Waals surface area contributed by atoms with Crippen molar-refractivity contribution in [3.63, 3.8) is 0 Å². The molecule has 1 aliphatic rings. The topological polar surface area (TPSA) is 62.8 Å². The van der Waals surface area contributed by atoms with Gasteiger partial charge in [0, 0.05) is 25.3 Å². The zero-order valence-electron chi connectivity index (χ0n) is 14.3. The van der Waals surface area contributed by atoms with Gasteiger partial charge in [-0.25, -0.2) is 4.79 Å². The van der Waals surface area contributed by atoms with Crippen molar-refractivity contribution >= 4 is 40.6 Å². The Labute approximate surface area is 158 Å². The van der Waals surface area contributed by atoms with Crippen LogP contribution in [0.5, 0.6) is 0 Å². The van der Waals surface area contributed by atoms with E-state index in [1.165, 1.54) is 0 Å². The van der Waals surface area contributed by atoms with Gasteiger partial charge in [-0.05, 0) is 50.3 Å². The number of morpholine rings is 1. The SMILES string of the molecule is CCOC(=O)c1cc(NC(=S)NCCCN2CCOCC2)ccc1Cl. The number of carbonyl (C=O) groups is 1. The minimum Gasteiger partial charge on any atom is -0.462 e. The second-order valence-corrected chi connectivity index (χ2v) is 6.42. The Bertz CT molecular complexity index is 595. The fourth-order valence-corrected chi connectivity index (χ4v) is 2.89. The van der Waals surface area contributed by atoms with Gasteiger partial charge in [-0.15, -0.1) is 0 Å². The maximum atomic E-state index is 11.9. The number of anilines is 1. The van der Waals surface area contributed by atoms with Crippen molar-refractivity contribution in [2.24, 2.45) is 0 Å². The summed E-state index contributed by atoms with van der Waals surface area (Å²) in [6.07, 6.45) is 0.997. The zero-order valence-corrected chi connectivity index (χ0v) is 15.9. The first-order valence-electron chi connectivity index (χ1n) is 8.41. The van der Waals surface area contributed by atoms with Crippen molar-refractivity contribution in [1.82, 2.24) is 10.2 Å². The molecule has 1 fully saturated rings. The number of esters is 1. The third-order valence-electron chi connectivity index (χ3n) is 3.76. The van der Waals surface area contributed by atoms with Gasteiger partial charge < -0.3 is 20.1 Å². The van der Waals surface area contributed by atoms with E-state index in [1.807, 2.05) is 0 Å². The average molecular weight is 386 g/mol. The molecule has 0 saturated carbocycles. The van der Waals surface area contributed by atoms with Crippen LogP contribution < -0.4 is 10.6 Å². The Hall–Kier alpha value is -1.41. The first kappa shape index (κ1) is 19.9. The standard InChI is InChI=1S/C17H24ClN3O3S/c1-2-24-16(22)14-12-13(4-5-15(14)18)20-17(25)19-6-3-7-21-8-10-23-11-9-21/h4-5,12H,2-3,6-11H2,1H3,(H2,19,20,25). The Morgan fingerprint density at radius 2 is 2.16 bits per heavy atom. The highest BCUT2D eigenvalue weighted by atomic mass is 35.5. The van der Waals surface area contributed by atoms with E-state index in [2.05, 4.69) is 15.5 Å². The largest absolute Gasteiger partial charge is 0.462 e. The Morgan fingerprint density at radius 1 is 1.40 bits per heavy atom. The van der Waals surface area contributed by atoms with Gasteiger partial charge in [-0.3, -0.25) is 4.90 Å². The van der Waals surface area contributed by atoms with Crippen molar-refractivity contribution in [1.29, 1.82) is 0 Å². The smallest absolute Gasteiger partial charge is 0.339 e. The van der Waals surface area contributed by atoms with Crippen LogP contribution in [0.4, 0.5) is 5.69 Å². The Kier molecular flexibility index (Phi) is 8.40. The minimum absolute atomic E-state index is 0.302. The predicted octanol–water partition coefficient (Wildman–Crippen LogP) is 2.53. The third-order valence-corrected chi connectivity index (χ3v) is 4.34. The monoisotopic (exact) mass is 385 g/mol. The highest BCUT2D eigenvalue weighted by molar-refractivity contribution is 7.80. The number of hydrogen-bond acceptors (Lipinski definition) is 5. The van der Waals surface area contributed by atoms with Crippen molar-refractivity contribution < 1.29 is 14.3 Å². The van der Waals surface area contributed by atoms with Gasteiger partial charge in [0.15, 0.2) is 5.11 Å². The summed E-state index contributed by atoms with van der Waals surface area (Å²) < 4.78 is 10.3. The number of ether oxygens (including phenoxy) is 2. The minimum atomic E-state index is -0.444. The summed E-state index contributed by atoms with van der Waals surface area (Å²) in [6.45, 7) is 7.46. The van der Waals surface area contributed by atoms with Gasteiger partial charge in [0.25, 0.3) is 0 Å². The molecule has 1 aliphatic heterocycles. The molecule has 0 radical (unpaired) electrons. The van der Waals surface area contributed by atoms with Crippen molar-refractivity contribution in [3.8, 4) is 0 Å². The maximum absolute atomic E-state index is 11.9. The molecule has 0 unspecified atom stereocenters. The number of halogens is 1. The van der Waals surface area contributed by atoms with E-state index in [9.17, 15) is 4.79 Å². The lowest BCUT2D eigenvalue weighted by molar-refractivity contribution is 0.0376. The van der Waals surface area contributed by atoms with Gasteiger partial charge in [0.05, 0.1) is 30.4 Å². The molecule has 0 atom stereocenters. The van der Waals surface area contributed by atoms with Gasteiger partial charge in [-0.1, -0.05) is 11.6 Å². The summed E-state index contributed by atoms with van der Waals surface area (Å²) in [5.41, 5.74) is 1.02. The molecule has 1 aromatic rings. The number of carbonyl (C=O) groups excluding carboxylic acids is 1. The van der Waals surface area contributed by atoms with Crippen LogP contribution in [0.1, 0.15) is 23.7 Å². The summed E-state index contributed by atoms with van der Waals surface area (Å²) in [7, 11) is 0. The van der Waals surface area contributed by atoms with E-state index < -0.39 is 5.97 Å². The summed E-state index contributed by atoms with van der Waals surface area (Å²) in [4.78, 5) is 14.2. The molecule has 1 aromatic carbocycles. The molecule has 0 spiro atoms. The van der Waals surface area contributed by atoms with Crippen LogP contribution >= 0.6 is 23.8 Å². The second-order valence-electron chi connectivity index (χ2n) is 5.60. The van der Waals surface area contributed by atoms with E-state index in [-0.39, 0.29) is 0 Å². The quantitative estimate of drug-likeness (QED) is 0.425. The molecule has 0 aliphatic carbocycles. The fourth-order valence-electron chi connectivity index (χ4n) is 2.47. The number of nitrogens with zero attached hydrogens (tertiary/aromatic N) is 1. The molecule has 1 saturated heterocycles. The summed E-state index contributed by atoms with van der Waals surface area (Å²) >= 11 is 11.3. The van der Waals surface area contributed by atoms with Crippen LogP contribution in [-0.2, 0) is 9.47 Å². The summed E-state index contributed by atoms with van der Waals surface area (Å²) in [6, 6.07) is 5.06. The number of thiocarbonyl (C=S) groups is 1. The zero-order chi connectivity index (χ0) is 18.1. The maximum Gasteiger partial charge on any atom is 0.339 e. The molecule has 6 nitrogen and oxygen atoms in total. The number of hydrogen-bond donors (Lipinski definition) is 2. The molecule has 2 rings (SSSR count). The van der Waals surface area contributed by atoms with Gasteiger partial charge >= 0.3 is 5.97 Å². The first-order chi connectivity index (χ1) is 12.1. The third kappa shape index (κ3) is 6.78. The van der Waals surface area contributed by atoms with E-state index in [0.717, 1.165) is 45.8 Å². The van der Waals surface area contributed by atoms with Gasteiger partial charge in [0.1, 0.15) is 0 Å². The first-order valence-corrected chi connectivity index (χ1v) is 9.20. The van der Waals surface area contributed by atoms with Crippen LogP contribution in [0, 0.1) is 0 Å². The van der Waals surface area contributed by atoms with E-state index in [1.54, 1.807) is 25.1 Å². The molecule has 2 N–H and O–H groups in total. The Morgan fingerprint density at radius 3 is 2.88 bits per heavy atom. The van der Waals surface area contributed by atoms with Gasteiger partial charge in [-0.2, -0.15) is 0 Å². The molecule has 0 amide bonds. The second kappa shape index (κ2) is 10.6. The number of rotatable bonds is 7. The molecule has 138 valence electrons. The van der Waals surface area contributed by atoms with Crippen LogP contribution in [-0.4, -0.2) is 62.0 Å². The lowest BCUT2D eigenvalue weighted by Crippen LogP contribution is -2.38. The van der Waals surface area contributed by atoms with Crippen LogP contribution in [0.3, 0.4) is 0 Å². The molecule has 1 heterocycles. The molecule has 0 bridgehead atoms. The summed E-state index contributed by atoms with van der Waals surface area (Å²) in [5, 5.41) is 7.11. The van der Waals surface area contributed by atoms with Crippen LogP contribution in [0.25, 0.3) is 0 Å². The van der Waals surface area contributed by atoms with E-state index in [4.69, 9.17) is 33.3 Å². The van der Waals surface area contributed by atoms with Crippen LogP contribution in [0.2, 0.25) is 5.02 Å². The number of nitrogens with one attached hydrogen (secondary N) is 2. The lowest BCUT2D eigenvalue weighted by Gasteiger charge is -2.26. The van der Waals surface area contributed by atoms with E-state index >= 15 is 0 Å². The highest BCUT2D eigenvalue weighted by Gasteiger charge is 2.13. The van der Waals surface area contributed by atoms with Gasteiger partial charge in [0.2, 0.25) is 0 Å².